The molecule has 1 aromatic carbocycles. The maximum Gasteiger partial charge on any atom is 0.183 e. The summed E-state index contributed by atoms with van der Waals surface area (Å²) in [7, 11) is 0. The maximum absolute atomic E-state index is 13.0. The summed E-state index contributed by atoms with van der Waals surface area (Å²) in [6, 6.07) is 8.54. The van der Waals surface area contributed by atoms with Crippen LogP contribution in [-0.2, 0) is 17.8 Å². The number of aryl methyl sites for hydroxylation is 1. The molecule has 6 nitrogen and oxygen atoms in total. The highest BCUT2D eigenvalue weighted by Crippen LogP contribution is 2.31. The minimum atomic E-state index is -0.222. The number of nitrogens with one attached hydrogen (secondary N) is 1. The van der Waals surface area contributed by atoms with Crippen molar-refractivity contribution in [3.05, 3.63) is 53.6 Å². The molecule has 3 heterocycles. The van der Waals surface area contributed by atoms with E-state index in [2.05, 4.69) is 15.2 Å². The van der Waals surface area contributed by atoms with Gasteiger partial charge in [0.05, 0.1) is 30.3 Å². The minimum absolute atomic E-state index is 0.222. The summed E-state index contributed by atoms with van der Waals surface area (Å²) < 4.78 is 20.4. The molecule has 0 bridgehead atoms. The number of benzene rings is 1. The van der Waals surface area contributed by atoms with Crippen molar-refractivity contribution in [3.8, 4) is 10.6 Å². The first-order chi connectivity index (χ1) is 13.7. The number of hydrogen-bond donors (Lipinski definition) is 1. The molecule has 4 rings (SSSR count). The zero-order valence-electron chi connectivity index (χ0n) is 15.9. The highest BCUT2D eigenvalue weighted by molar-refractivity contribution is 7.19. The standard InChI is InChI=1S/C20H24FN5OS/c1-15-19(28-20(23-15)22-14-16-2-4-17(21)5-3-16)18-6-7-26(24-18)9-8-25-10-12-27-13-11-25/h2-7H,8-14H2,1H3,(H,22,23). The monoisotopic (exact) mass is 401 g/mol. The normalized spacial score (nSPS) is 15.1. The van der Waals surface area contributed by atoms with Crippen LogP contribution in [0, 0.1) is 12.7 Å². The van der Waals surface area contributed by atoms with E-state index < -0.39 is 0 Å². The van der Waals surface area contributed by atoms with Gasteiger partial charge in [-0.15, -0.1) is 0 Å². The van der Waals surface area contributed by atoms with Crippen LogP contribution in [0.15, 0.2) is 36.5 Å². The Balaban J connectivity index is 1.36. The topological polar surface area (TPSA) is 55.2 Å². The van der Waals surface area contributed by atoms with Crippen molar-refractivity contribution in [3.63, 3.8) is 0 Å². The third-order valence-electron chi connectivity index (χ3n) is 4.78. The van der Waals surface area contributed by atoms with Crippen LogP contribution in [-0.4, -0.2) is 52.5 Å². The molecule has 1 N–H and O–H groups in total. The van der Waals surface area contributed by atoms with Gasteiger partial charge in [0.1, 0.15) is 11.5 Å². The third kappa shape index (κ3) is 4.76. The Bertz CT molecular complexity index is 902. The fourth-order valence-electron chi connectivity index (χ4n) is 3.17. The second-order valence-corrected chi connectivity index (χ2v) is 7.83. The fourth-order valence-corrected chi connectivity index (χ4v) is 4.09. The molecule has 0 spiro atoms. The number of anilines is 1. The average Bonchev–Trinajstić information content (AvgIpc) is 3.33. The van der Waals surface area contributed by atoms with E-state index in [9.17, 15) is 4.39 Å². The zero-order valence-corrected chi connectivity index (χ0v) is 16.7. The number of thiazole rings is 1. The Hall–Kier alpha value is -2.29. The summed E-state index contributed by atoms with van der Waals surface area (Å²) >= 11 is 1.60. The van der Waals surface area contributed by atoms with E-state index in [0.717, 1.165) is 66.4 Å². The van der Waals surface area contributed by atoms with Crippen LogP contribution in [0.5, 0.6) is 0 Å². The fraction of sp³-hybridized carbons (Fsp3) is 0.400. The van der Waals surface area contributed by atoms with Crippen LogP contribution >= 0.6 is 11.3 Å². The predicted octanol–water partition coefficient (Wildman–Crippen LogP) is 3.40. The van der Waals surface area contributed by atoms with Crippen LogP contribution in [0.3, 0.4) is 0 Å². The Morgan fingerprint density at radius 1 is 1.14 bits per heavy atom. The number of hydrogen-bond acceptors (Lipinski definition) is 6. The van der Waals surface area contributed by atoms with E-state index >= 15 is 0 Å². The molecule has 8 heteroatoms. The van der Waals surface area contributed by atoms with E-state index in [-0.39, 0.29) is 5.82 Å². The van der Waals surface area contributed by atoms with Crippen LogP contribution in [0.2, 0.25) is 0 Å². The van der Waals surface area contributed by atoms with Crippen LogP contribution < -0.4 is 5.32 Å². The highest BCUT2D eigenvalue weighted by atomic mass is 32.1. The molecule has 0 amide bonds. The van der Waals surface area contributed by atoms with Gasteiger partial charge in [0.25, 0.3) is 0 Å². The Kier molecular flexibility index (Phi) is 5.99. The summed E-state index contributed by atoms with van der Waals surface area (Å²) in [5, 5.41) is 8.89. The van der Waals surface area contributed by atoms with E-state index in [1.807, 2.05) is 23.9 Å². The van der Waals surface area contributed by atoms with Crippen molar-refractivity contribution in [2.45, 2.75) is 20.0 Å². The van der Waals surface area contributed by atoms with Gasteiger partial charge in [-0.3, -0.25) is 9.58 Å². The Morgan fingerprint density at radius 2 is 1.93 bits per heavy atom. The zero-order chi connectivity index (χ0) is 19.3. The summed E-state index contributed by atoms with van der Waals surface area (Å²) in [4.78, 5) is 8.09. The lowest BCUT2D eigenvalue weighted by Gasteiger charge is -2.26. The molecule has 0 saturated carbocycles. The molecule has 0 unspecified atom stereocenters. The molecule has 1 fully saturated rings. The molecule has 2 aromatic heterocycles. The van der Waals surface area contributed by atoms with Gasteiger partial charge in [0.2, 0.25) is 0 Å². The quantitative estimate of drug-likeness (QED) is 0.658. The second kappa shape index (κ2) is 8.81. The number of halogens is 1. The molecule has 1 aliphatic rings. The largest absolute Gasteiger partial charge is 0.379 e. The molecular formula is C20H24FN5OS. The maximum atomic E-state index is 13.0. The van der Waals surface area contributed by atoms with E-state index in [4.69, 9.17) is 9.84 Å². The van der Waals surface area contributed by atoms with Crippen molar-refractivity contribution < 1.29 is 9.13 Å². The van der Waals surface area contributed by atoms with Gasteiger partial charge in [0.15, 0.2) is 5.13 Å². The minimum Gasteiger partial charge on any atom is -0.379 e. The van der Waals surface area contributed by atoms with Crippen LogP contribution in [0.4, 0.5) is 9.52 Å². The Labute approximate surface area is 168 Å². The van der Waals surface area contributed by atoms with Crippen molar-refractivity contribution in [2.75, 3.05) is 38.2 Å². The Morgan fingerprint density at radius 3 is 2.71 bits per heavy atom. The molecule has 28 heavy (non-hydrogen) atoms. The van der Waals surface area contributed by atoms with Crippen molar-refractivity contribution in [2.24, 2.45) is 0 Å². The molecule has 3 aromatic rings. The number of morpholine rings is 1. The lowest BCUT2D eigenvalue weighted by Crippen LogP contribution is -2.38. The highest BCUT2D eigenvalue weighted by Gasteiger charge is 2.14. The molecule has 148 valence electrons. The van der Waals surface area contributed by atoms with Gasteiger partial charge < -0.3 is 10.1 Å². The summed E-state index contributed by atoms with van der Waals surface area (Å²) in [6.07, 6.45) is 2.03. The molecule has 1 saturated heterocycles. The number of aromatic nitrogens is 3. The van der Waals surface area contributed by atoms with E-state index in [0.29, 0.717) is 6.54 Å². The van der Waals surface area contributed by atoms with Gasteiger partial charge in [-0.2, -0.15) is 5.10 Å². The smallest absolute Gasteiger partial charge is 0.183 e. The van der Waals surface area contributed by atoms with Gasteiger partial charge in [-0.05, 0) is 30.7 Å². The van der Waals surface area contributed by atoms with Gasteiger partial charge in [-0.1, -0.05) is 23.5 Å². The molecule has 0 aliphatic carbocycles. The van der Waals surface area contributed by atoms with Crippen molar-refractivity contribution >= 4 is 16.5 Å². The lowest BCUT2D eigenvalue weighted by atomic mass is 10.2. The number of ether oxygens (including phenoxy) is 1. The molecule has 0 atom stereocenters. The SMILES string of the molecule is Cc1nc(NCc2ccc(F)cc2)sc1-c1ccn(CCN2CCOCC2)n1. The van der Waals surface area contributed by atoms with Crippen molar-refractivity contribution in [1.82, 2.24) is 19.7 Å². The molecule has 1 aliphatic heterocycles. The summed E-state index contributed by atoms with van der Waals surface area (Å²) in [5.74, 6) is -0.222. The number of nitrogens with zero attached hydrogens (tertiary/aromatic N) is 4. The summed E-state index contributed by atoms with van der Waals surface area (Å²) in [5.41, 5.74) is 2.93. The third-order valence-corrected chi connectivity index (χ3v) is 5.91. The van der Waals surface area contributed by atoms with Crippen LogP contribution in [0.25, 0.3) is 10.6 Å². The predicted molar refractivity (Wildman–Crippen MR) is 109 cm³/mol. The first kappa shape index (κ1) is 19.0. The lowest BCUT2D eigenvalue weighted by molar-refractivity contribution is 0.0360. The number of rotatable bonds is 7. The first-order valence-electron chi connectivity index (χ1n) is 9.47. The molecule has 0 radical (unpaired) electrons. The van der Waals surface area contributed by atoms with Crippen molar-refractivity contribution in [1.29, 1.82) is 0 Å². The first-order valence-corrected chi connectivity index (χ1v) is 10.3. The second-order valence-electron chi connectivity index (χ2n) is 6.83. The van der Waals surface area contributed by atoms with Gasteiger partial charge in [0, 0.05) is 32.4 Å². The van der Waals surface area contributed by atoms with E-state index in [1.165, 1.54) is 12.1 Å². The van der Waals surface area contributed by atoms with E-state index in [1.54, 1.807) is 23.5 Å². The van der Waals surface area contributed by atoms with Gasteiger partial charge in [-0.25, -0.2) is 9.37 Å². The molecular weight excluding hydrogens is 377 g/mol. The average molecular weight is 402 g/mol. The van der Waals surface area contributed by atoms with Crippen LogP contribution in [0.1, 0.15) is 11.3 Å². The van der Waals surface area contributed by atoms with Gasteiger partial charge >= 0.3 is 0 Å². The summed E-state index contributed by atoms with van der Waals surface area (Å²) in [6.45, 7) is 8.08.